The third-order valence-electron chi connectivity index (χ3n) is 2.42. The Balaban J connectivity index is 2.09. The fourth-order valence-corrected chi connectivity index (χ4v) is 1.93. The number of hydrogen-bond acceptors (Lipinski definition) is 5. The van der Waals surface area contributed by atoms with Crippen LogP contribution in [0.2, 0.25) is 10.0 Å². The van der Waals surface area contributed by atoms with Crippen molar-refractivity contribution in [2.75, 3.05) is 5.32 Å². The molecule has 0 spiro atoms. The zero-order chi connectivity index (χ0) is 17.0. The van der Waals surface area contributed by atoms with Gasteiger partial charge in [0.1, 0.15) is 22.7 Å². The lowest BCUT2D eigenvalue weighted by Gasteiger charge is -2.19. The lowest BCUT2D eigenvalue weighted by atomic mass is 10.2. The fraction of sp³-hybridized carbons (Fsp3) is 0.267. The molecule has 1 aromatic heterocycles. The van der Waals surface area contributed by atoms with E-state index >= 15 is 0 Å². The quantitative estimate of drug-likeness (QED) is 0.845. The van der Waals surface area contributed by atoms with Crippen molar-refractivity contribution in [1.29, 1.82) is 0 Å². The van der Waals surface area contributed by atoms with Gasteiger partial charge in [0.05, 0.1) is 11.2 Å². The molecular formula is C15H15Cl2N3O3. The Kier molecular flexibility index (Phi) is 5.28. The molecule has 122 valence electrons. The van der Waals surface area contributed by atoms with Gasteiger partial charge in [-0.15, -0.1) is 0 Å². The van der Waals surface area contributed by atoms with Crippen LogP contribution in [0.1, 0.15) is 20.8 Å². The molecule has 6 nitrogen and oxygen atoms in total. The van der Waals surface area contributed by atoms with E-state index in [0.717, 1.165) is 0 Å². The Hall–Kier alpha value is -2.05. The van der Waals surface area contributed by atoms with Crippen molar-refractivity contribution in [3.8, 4) is 11.6 Å². The van der Waals surface area contributed by atoms with Crippen molar-refractivity contribution < 1.29 is 14.3 Å². The van der Waals surface area contributed by atoms with Gasteiger partial charge in [-0.1, -0.05) is 23.2 Å². The van der Waals surface area contributed by atoms with E-state index in [4.69, 9.17) is 32.7 Å². The maximum atomic E-state index is 11.7. The first-order valence-corrected chi connectivity index (χ1v) is 7.43. The Morgan fingerprint density at radius 1 is 1.22 bits per heavy atom. The molecule has 0 saturated carbocycles. The van der Waals surface area contributed by atoms with Crippen molar-refractivity contribution >= 4 is 35.0 Å². The number of nitrogens with one attached hydrogen (secondary N) is 1. The maximum absolute atomic E-state index is 11.7. The van der Waals surface area contributed by atoms with Gasteiger partial charge in [0.15, 0.2) is 0 Å². The number of aromatic nitrogens is 2. The van der Waals surface area contributed by atoms with E-state index in [1.54, 1.807) is 32.9 Å². The number of amides is 1. The summed E-state index contributed by atoms with van der Waals surface area (Å²) in [6.07, 6.45) is 2.16. The van der Waals surface area contributed by atoms with Gasteiger partial charge in [0.25, 0.3) is 0 Å². The van der Waals surface area contributed by atoms with Crippen LogP contribution in [-0.2, 0) is 4.74 Å². The largest absolute Gasteiger partial charge is 0.444 e. The third kappa shape index (κ3) is 5.26. The summed E-state index contributed by atoms with van der Waals surface area (Å²) in [6, 6.07) is 4.75. The maximum Gasteiger partial charge on any atom is 0.412 e. The normalized spacial score (nSPS) is 11.0. The average Bonchev–Trinajstić information content (AvgIpc) is 2.42. The van der Waals surface area contributed by atoms with Crippen LogP contribution >= 0.6 is 23.2 Å². The highest BCUT2D eigenvalue weighted by Crippen LogP contribution is 2.33. The first kappa shape index (κ1) is 17.3. The van der Waals surface area contributed by atoms with Crippen LogP contribution in [-0.4, -0.2) is 21.7 Å². The number of nitrogens with zero attached hydrogens (tertiary/aromatic N) is 2. The molecule has 2 rings (SSSR count). The Labute approximate surface area is 143 Å². The number of rotatable bonds is 3. The zero-order valence-corrected chi connectivity index (χ0v) is 14.3. The lowest BCUT2D eigenvalue weighted by molar-refractivity contribution is 0.0636. The molecule has 1 N–H and O–H groups in total. The van der Waals surface area contributed by atoms with Gasteiger partial charge < -0.3 is 9.47 Å². The Bertz CT molecular complexity index is 717. The molecule has 0 unspecified atom stereocenters. The predicted octanol–water partition coefficient (Wildman–Crippen LogP) is 4.92. The fourth-order valence-electron chi connectivity index (χ4n) is 1.56. The van der Waals surface area contributed by atoms with E-state index in [0.29, 0.717) is 11.4 Å². The first-order valence-electron chi connectivity index (χ1n) is 6.67. The molecule has 0 atom stereocenters. The van der Waals surface area contributed by atoms with E-state index in [2.05, 4.69) is 15.3 Å². The summed E-state index contributed by atoms with van der Waals surface area (Å²) in [6.45, 7) is 5.34. The SMILES string of the molecule is CC(C)(C)OC(=O)Nc1ccc(Oc2ncncc2Cl)c(Cl)c1. The molecule has 1 aromatic carbocycles. The van der Waals surface area contributed by atoms with Crippen LogP contribution in [0.5, 0.6) is 11.6 Å². The van der Waals surface area contributed by atoms with Crippen molar-refractivity contribution in [2.24, 2.45) is 0 Å². The van der Waals surface area contributed by atoms with Crippen molar-refractivity contribution in [3.63, 3.8) is 0 Å². The summed E-state index contributed by atoms with van der Waals surface area (Å²) < 4.78 is 10.7. The summed E-state index contributed by atoms with van der Waals surface area (Å²) in [7, 11) is 0. The number of anilines is 1. The van der Waals surface area contributed by atoms with Crippen LogP contribution < -0.4 is 10.1 Å². The van der Waals surface area contributed by atoms with Gasteiger partial charge in [-0.05, 0) is 39.0 Å². The molecule has 0 aliphatic rings. The molecule has 0 radical (unpaired) electrons. The minimum Gasteiger partial charge on any atom is -0.444 e. The monoisotopic (exact) mass is 355 g/mol. The second-order valence-corrected chi connectivity index (χ2v) is 6.36. The van der Waals surface area contributed by atoms with E-state index < -0.39 is 11.7 Å². The van der Waals surface area contributed by atoms with Crippen LogP contribution in [0.4, 0.5) is 10.5 Å². The van der Waals surface area contributed by atoms with Gasteiger partial charge in [0.2, 0.25) is 5.88 Å². The molecule has 8 heteroatoms. The van der Waals surface area contributed by atoms with Crippen molar-refractivity contribution in [1.82, 2.24) is 9.97 Å². The van der Waals surface area contributed by atoms with Crippen molar-refractivity contribution in [3.05, 3.63) is 40.8 Å². The number of carbonyl (C=O) groups is 1. The smallest absolute Gasteiger partial charge is 0.412 e. The third-order valence-corrected chi connectivity index (χ3v) is 2.97. The molecule has 0 bridgehead atoms. The average molecular weight is 356 g/mol. The molecule has 2 aromatic rings. The number of benzene rings is 1. The predicted molar refractivity (Wildman–Crippen MR) is 88.4 cm³/mol. The van der Waals surface area contributed by atoms with Crippen LogP contribution in [0, 0.1) is 0 Å². The second kappa shape index (κ2) is 7.02. The highest BCUT2D eigenvalue weighted by atomic mass is 35.5. The molecule has 1 amide bonds. The summed E-state index contributed by atoms with van der Waals surface area (Å²) in [5.74, 6) is 0.540. The van der Waals surface area contributed by atoms with Crippen LogP contribution in [0.15, 0.2) is 30.7 Å². The standard InChI is InChI=1S/C15H15Cl2N3O3/c1-15(2,3)23-14(21)20-9-4-5-12(10(16)6-9)22-13-11(17)7-18-8-19-13/h4-8H,1-3H3,(H,20,21). The topological polar surface area (TPSA) is 73.3 Å². The van der Waals surface area contributed by atoms with Gasteiger partial charge in [-0.25, -0.2) is 14.8 Å². The molecular weight excluding hydrogens is 341 g/mol. The number of halogens is 2. The number of carbonyl (C=O) groups excluding carboxylic acids is 1. The van der Waals surface area contributed by atoms with E-state index in [1.807, 2.05) is 0 Å². The summed E-state index contributed by atoms with van der Waals surface area (Å²) >= 11 is 12.1. The van der Waals surface area contributed by atoms with Crippen molar-refractivity contribution in [2.45, 2.75) is 26.4 Å². The molecule has 0 fully saturated rings. The summed E-state index contributed by atoms with van der Waals surface area (Å²) in [4.78, 5) is 19.4. The van der Waals surface area contributed by atoms with E-state index in [9.17, 15) is 4.79 Å². The summed E-state index contributed by atoms with van der Waals surface area (Å²) in [5.41, 5.74) is -0.105. The Morgan fingerprint density at radius 3 is 2.57 bits per heavy atom. The van der Waals surface area contributed by atoms with Gasteiger partial charge in [-0.3, -0.25) is 5.32 Å². The second-order valence-electron chi connectivity index (χ2n) is 5.55. The van der Waals surface area contributed by atoms with Crippen LogP contribution in [0.25, 0.3) is 0 Å². The first-order chi connectivity index (χ1) is 10.7. The summed E-state index contributed by atoms with van der Waals surface area (Å²) in [5, 5.41) is 3.14. The number of hydrogen-bond donors (Lipinski definition) is 1. The molecule has 0 aliphatic heterocycles. The van der Waals surface area contributed by atoms with E-state index in [1.165, 1.54) is 18.6 Å². The van der Waals surface area contributed by atoms with E-state index in [-0.39, 0.29) is 15.9 Å². The van der Waals surface area contributed by atoms with Gasteiger partial charge in [0, 0.05) is 5.69 Å². The Morgan fingerprint density at radius 2 is 1.96 bits per heavy atom. The lowest BCUT2D eigenvalue weighted by Crippen LogP contribution is -2.27. The van der Waals surface area contributed by atoms with Gasteiger partial charge in [-0.2, -0.15) is 0 Å². The molecule has 0 saturated heterocycles. The van der Waals surface area contributed by atoms with Gasteiger partial charge >= 0.3 is 6.09 Å². The highest BCUT2D eigenvalue weighted by Gasteiger charge is 2.17. The highest BCUT2D eigenvalue weighted by molar-refractivity contribution is 6.33. The number of ether oxygens (including phenoxy) is 2. The zero-order valence-electron chi connectivity index (χ0n) is 12.8. The van der Waals surface area contributed by atoms with Crippen LogP contribution in [0.3, 0.4) is 0 Å². The minimum atomic E-state index is -0.583. The minimum absolute atomic E-state index is 0.191. The molecule has 0 aliphatic carbocycles. The molecule has 1 heterocycles. The molecule has 23 heavy (non-hydrogen) atoms.